The predicted octanol–water partition coefficient (Wildman–Crippen LogP) is 3.13. The normalized spacial score (nSPS) is 10.5. The van der Waals surface area contributed by atoms with E-state index in [1.165, 1.54) is 11.8 Å². The van der Waals surface area contributed by atoms with Crippen molar-refractivity contribution < 1.29 is 14.3 Å². The van der Waals surface area contributed by atoms with E-state index in [0.717, 1.165) is 0 Å². The second-order valence-corrected chi connectivity index (χ2v) is 5.62. The zero-order chi connectivity index (χ0) is 18.0. The van der Waals surface area contributed by atoms with Gasteiger partial charge in [-0.1, -0.05) is 41.9 Å². The Kier molecular flexibility index (Phi) is 4.54. The number of ketones is 1. The Labute approximate surface area is 148 Å². The Balaban J connectivity index is 2.21. The number of rotatable bonds is 4. The lowest BCUT2D eigenvalue weighted by Gasteiger charge is -2.07. The molecule has 0 aliphatic rings. The summed E-state index contributed by atoms with van der Waals surface area (Å²) in [4.78, 5) is 24.9. The zero-order valence-corrected chi connectivity index (χ0v) is 14.0. The van der Waals surface area contributed by atoms with E-state index in [2.05, 4.69) is 5.10 Å². The standard InChI is InChI=1S/C18H14ClN3O3/c1-25-18(24)15-14(20)16(17(23)11-5-3-2-4-6-11)22(21-15)13-9-7-12(19)8-10-13/h2-10H,20H2,1H3. The fraction of sp³-hybridized carbons (Fsp3) is 0.0556. The second-order valence-electron chi connectivity index (χ2n) is 5.19. The topological polar surface area (TPSA) is 87.2 Å². The van der Waals surface area contributed by atoms with Gasteiger partial charge in [0, 0.05) is 10.6 Å². The van der Waals surface area contributed by atoms with E-state index in [1.807, 2.05) is 0 Å². The van der Waals surface area contributed by atoms with E-state index in [-0.39, 0.29) is 22.9 Å². The van der Waals surface area contributed by atoms with Gasteiger partial charge in [-0.2, -0.15) is 5.10 Å². The molecule has 0 fully saturated rings. The zero-order valence-electron chi connectivity index (χ0n) is 13.3. The number of nitrogens with zero attached hydrogens (tertiary/aromatic N) is 2. The van der Waals surface area contributed by atoms with E-state index in [4.69, 9.17) is 22.1 Å². The Morgan fingerprint density at radius 3 is 2.32 bits per heavy atom. The first kappa shape index (κ1) is 16.7. The smallest absolute Gasteiger partial charge is 0.360 e. The van der Waals surface area contributed by atoms with E-state index in [9.17, 15) is 9.59 Å². The first-order valence-electron chi connectivity index (χ1n) is 7.35. The van der Waals surface area contributed by atoms with Crippen molar-refractivity contribution in [2.24, 2.45) is 0 Å². The molecule has 0 spiro atoms. The van der Waals surface area contributed by atoms with Crippen molar-refractivity contribution in [3.8, 4) is 5.69 Å². The molecular weight excluding hydrogens is 342 g/mol. The fourth-order valence-electron chi connectivity index (χ4n) is 2.39. The van der Waals surface area contributed by atoms with Gasteiger partial charge in [0.1, 0.15) is 5.69 Å². The average Bonchev–Trinajstić information content (AvgIpc) is 2.99. The van der Waals surface area contributed by atoms with Crippen LogP contribution < -0.4 is 5.73 Å². The van der Waals surface area contributed by atoms with Crippen LogP contribution in [-0.4, -0.2) is 28.6 Å². The number of esters is 1. The number of hydrogen-bond acceptors (Lipinski definition) is 5. The number of halogens is 1. The molecule has 0 amide bonds. The quantitative estimate of drug-likeness (QED) is 0.574. The van der Waals surface area contributed by atoms with Gasteiger partial charge in [0.2, 0.25) is 5.78 Å². The minimum absolute atomic E-state index is 0.0318. The molecule has 7 heteroatoms. The first-order chi connectivity index (χ1) is 12.0. The minimum atomic E-state index is -0.715. The van der Waals surface area contributed by atoms with Crippen molar-refractivity contribution in [1.29, 1.82) is 0 Å². The molecule has 0 saturated carbocycles. The number of ether oxygens (including phenoxy) is 1. The molecule has 0 bridgehead atoms. The third-order valence-corrected chi connectivity index (χ3v) is 3.88. The van der Waals surface area contributed by atoms with Gasteiger partial charge in [-0.25, -0.2) is 9.48 Å². The number of nitrogens with two attached hydrogens (primary N) is 1. The van der Waals surface area contributed by atoms with Crippen molar-refractivity contribution in [1.82, 2.24) is 9.78 Å². The predicted molar refractivity (Wildman–Crippen MR) is 94.2 cm³/mol. The molecule has 2 aromatic carbocycles. The molecule has 3 aromatic rings. The minimum Gasteiger partial charge on any atom is -0.464 e. The van der Waals surface area contributed by atoms with E-state index >= 15 is 0 Å². The maximum atomic E-state index is 12.9. The lowest BCUT2D eigenvalue weighted by atomic mass is 10.1. The number of carbonyl (C=O) groups is 2. The largest absolute Gasteiger partial charge is 0.464 e. The molecule has 0 radical (unpaired) electrons. The van der Waals surface area contributed by atoms with Crippen molar-refractivity contribution in [2.75, 3.05) is 12.8 Å². The van der Waals surface area contributed by atoms with Crippen LogP contribution in [0.25, 0.3) is 5.69 Å². The third kappa shape index (κ3) is 3.12. The number of hydrogen-bond donors (Lipinski definition) is 1. The highest BCUT2D eigenvalue weighted by atomic mass is 35.5. The Morgan fingerprint density at radius 2 is 1.72 bits per heavy atom. The molecule has 0 atom stereocenters. The van der Waals surface area contributed by atoms with Gasteiger partial charge < -0.3 is 10.5 Å². The van der Waals surface area contributed by atoms with Crippen molar-refractivity contribution in [2.45, 2.75) is 0 Å². The molecule has 126 valence electrons. The van der Waals surface area contributed by atoms with Gasteiger partial charge >= 0.3 is 5.97 Å². The molecule has 0 aliphatic carbocycles. The summed E-state index contributed by atoms with van der Waals surface area (Å²) in [6, 6.07) is 15.3. The van der Waals surface area contributed by atoms with Crippen LogP contribution in [0.5, 0.6) is 0 Å². The summed E-state index contributed by atoms with van der Waals surface area (Å²) in [5.74, 6) is -1.07. The molecule has 1 aromatic heterocycles. The molecule has 0 aliphatic heterocycles. The van der Waals surface area contributed by atoms with Gasteiger partial charge in [0.25, 0.3) is 0 Å². The van der Waals surface area contributed by atoms with E-state index in [0.29, 0.717) is 16.3 Å². The van der Waals surface area contributed by atoms with Crippen LogP contribution in [-0.2, 0) is 4.74 Å². The van der Waals surface area contributed by atoms with Gasteiger partial charge in [0.05, 0.1) is 18.5 Å². The monoisotopic (exact) mass is 355 g/mol. The van der Waals surface area contributed by atoms with Crippen LogP contribution in [0, 0.1) is 0 Å². The molecule has 0 unspecified atom stereocenters. The molecular formula is C18H14ClN3O3. The molecule has 25 heavy (non-hydrogen) atoms. The number of carbonyl (C=O) groups excluding carboxylic acids is 2. The summed E-state index contributed by atoms with van der Waals surface area (Å²) < 4.78 is 6.03. The summed E-state index contributed by atoms with van der Waals surface area (Å²) >= 11 is 5.91. The van der Waals surface area contributed by atoms with Crippen LogP contribution >= 0.6 is 11.6 Å². The average molecular weight is 356 g/mol. The van der Waals surface area contributed by atoms with Crippen LogP contribution in [0.15, 0.2) is 54.6 Å². The van der Waals surface area contributed by atoms with Gasteiger partial charge in [-0.05, 0) is 24.3 Å². The van der Waals surface area contributed by atoms with Crippen molar-refractivity contribution in [3.05, 3.63) is 76.6 Å². The number of aromatic nitrogens is 2. The summed E-state index contributed by atoms with van der Waals surface area (Å²) in [5, 5.41) is 4.72. The van der Waals surface area contributed by atoms with Gasteiger partial charge in [0.15, 0.2) is 5.69 Å². The molecule has 3 rings (SSSR count). The summed E-state index contributed by atoms with van der Waals surface area (Å²) in [7, 11) is 1.22. The molecule has 6 nitrogen and oxygen atoms in total. The highest BCUT2D eigenvalue weighted by Crippen LogP contribution is 2.25. The Hall–Kier alpha value is -3.12. The summed E-state index contributed by atoms with van der Waals surface area (Å²) in [6.07, 6.45) is 0. The first-order valence-corrected chi connectivity index (χ1v) is 7.73. The van der Waals surface area contributed by atoms with Gasteiger partial charge in [-0.3, -0.25) is 4.79 Å². The van der Waals surface area contributed by atoms with Crippen LogP contribution in [0.4, 0.5) is 5.69 Å². The van der Waals surface area contributed by atoms with Crippen LogP contribution in [0.3, 0.4) is 0 Å². The van der Waals surface area contributed by atoms with Crippen molar-refractivity contribution >= 4 is 29.0 Å². The highest BCUT2D eigenvalue weighted by molar-refractivity contribution is 6.30. The number of nitrogen functional groups attached to an aromatic ring is 1. The Morgan fingerprint density at radius 1 is 1.08 bits per heavy atom. The van der Waals surface area contributed by atoms with E-state index in [1.54, 1.807) is 54.6 Å². The maximum Gasteiger partial charge on any atom is 0.360 e. The lowest BCUT2D eigenvalue weighted by molar-refractivity contribution is 0.0594. The Bertz CT molecular complexity index is 934. The summed E-state index contributed by atoms with van der Waals surface area (Å²) in [6.45, 7) is 0. The van der Waals surface area contributed by atoms with Crippen LogP contribution in [0.1, 0.15) is 26.5 Å². The second kappa shape index (κ2) is 6.78. The maximum absolute atomic E-state index is 12.9. The lowest BCUT2D eigenvalue weighted by Crippen LogP contribution is -2.11. The van der Waals surface area contributed by atoms with Gasteiger partial charge in [-0.15, -0.1) is 0 Å². The number of anilines is 1. The van der Waals surface area contributed by atoms with E-state index < -0.39 is 5.97 Å². The van der Waals surface area contributed by atoms with Crippen molar-refractivity contribution in [3.63, 3.8) is 0 Å². The summed E-state index contributed by atoms with van der Waals surface area (Å²) in [5.41, 5.74) is 6.98. The third-order valence-electron chi connectivity index (χ3n) is 3.62. The molecule has 1 heterocycles. The number of benzene rings is 2. The SMILES string of the molecule is COC(=O)c1nn(-c2ccc(Cl)cc2)c(C(=O)c2ccccc2)c1N. The highest BCUT2D eigenvalue weighted by Gasteiger charge is 2.27. The van der Waals surface area contributed by atoms with Crippen LogP contribution in [0.2, 0.25) is 5.02 Å². The molecule has 2 N–H and O–H groups in total. The molecule has 0 saturated heterocycles. The number of methoxy groups -OCH3 is 1. The fourth-order valence-corrected chi connectivity index (χ4v) is 2.52.